The second kappa shape index (κ2) is 9.33. The molecule has 40 heavy (non-hydrogen) atoms. The number of aromatic nitrogens is 3. The topological polar surface area (TPSA) is 54.4 Å². The maximum absolute atomic E-state index is 16.5. The Morgan fingerprint density at radius 1 is 0.950 bits per heavy atom. The second-order valence-electron chi connectivity index (χ2n) is 12.3. The summed E-state index contributed by atoms with van der Waals surface area (Å²) in [6.45, 7) is 4.52. The van der Waals surface area contributed by atoms with E-state index >= 15 is 4.39 Å². The lowest BCUT2D eigenvalue weighted by Crippen LogP contribution is -2.43. The van der Waals surface area contributed by atoms with E-state index in [9.17, 15) is 4.39 Å². The highest BCUT2D eigenvalue weighted by Crippen LogP contribution is 2.42. The van der Waals surface area contributed by atoms with Gasteiger partial charge in [-0.25, -0.2) is 8.78 Å². The van der Waals surface area contributed by atoms with E-state index < -0.39 is 11.6 Å². The van der Waals surface area contributed by atoms with Gasteiger partial charge in [-0.3, -0.25) is 9.88 Å². The van der Waals surface area contributed by atoms with Crippen molar-refractivity contribution in [3.63, 3.8) is 0 Å². The van der Waals surface area contributed by atoms with E-state index in [1.807, 2.05) is 12.1 Å². The molecule has 0 radical (unpaired) electrons. The number of ether oxygens (including phenoxy) is 1. The summed E-state index contributed by atoms with van der Waals surface area (Å²) in [5, 5.41) is 1.64. The van der Waals surface area contributed by atoms with Crippen molar-refractivity contribution in [3.8, 4) is 17.3 Å². The van der Waals surface area contributed by atoms with Gasteiger partial charge < -0.3 is 9.64 Å². The Kier molecular flexibility index (Phi) is 5.69. The molecule has 206 valence electrons. The third-order valence-corrected chi connectivity index (χ3v) is 9.94. The van der Waals surface area contributed by atoms with Gasteiger partial charge in [0, 0.05) is 30.2 Å². The number of rotatable bonds is 5. The van der Waals surface area contributed by atoms with Crippen LogP contribution in [0, 0.1) is 23.5 Å². The average Bonchev–Trinajstić information content (AvgIpc) is 3.65. The minimum Gasteiger partial charge on any atom is -0.461 e. The van der Waals surface area contributed by atoms with Crippen molar-refractivity contribution >= 4 is 27.5 Å². The summed E-state index contributed by atoms with van der Waals surface area (Å²) in [7, 11) is 0. The Morgan fingerprint density at radius 3 is 2.48 bits per heavy atom. The van der Waals surface area contributed by atoms with Crippen molar-refractivity contribution in [2.75, 3.05) is 37.7 Å². The highest BCUT2D eigenvalue weighted by Gasteiger charge is 2.45. The van der Waals surface area contributed by atoms with Gasteiger partial charge in [0.05, 0.1) is 10.9 Å². The van der Waals surface area contributed by atoms with Crippen LogP contribution in [0.25, 0.3) is 32.9 Å². The molecule has 1 saturated carbocycles. The first kappa shape index (κ1) is 24.4. The summed E-state index contributed by atoms with van der Waals surface area (Å²) in [5.74, 6) is 0.998. The second-order valence-corrected chi connectivity index (χ2v) is 12.3. The van der Waals surface area contributed by atoms with Gasteiger partial charge in [0.2, 0.25) is 0 Å². The minimum atomic E-state index is -0.566. The lowest BCUT2D eigenvalue weighted by molar-refractivity contribution is 0.108. The first-order valence-electron chi connectivity index (χ1n) is 14.7. The fourth-order valence-corrected chi connectivity index (χ4v) is 8.05. The first-order valence-corrected chi connectivity index (χ1v) is 14.7. The number of halogens is 2. The van der Waals surface area contributed by atoms with E-state index in [2.05, 4.69) is 19.8 Å². The molecular weight excluding hydrogens is 508 g/mol. The number of fused-ring (bicyclic) bond motifs is 5. The molecule has 8 heteroatoms. The maximum atomic E-state index is 16.5. The molecule has 1 aliphatic carbocycles. The minimum absolute atomic E-state index is 0.0329. The molecule has 4 aromatic rings. The van der Waals surface area contributed by atoms with Crippen molar-refractivity contribution in [3.05, 3.63) is 54.2 Å². The van der Waals surface area contributed by atoms with Crippen molar-refractivity contribution in [2.24, 2.45) is 11.8 Å². The highest BCUT2D eigenvalue weighted by molar-refractivity contribution is 5.99. The summed E-state index contributed by atoms with van der Waals surface area (Å²) in [5.41, 5.74) is 0.725. The van der Waals surface area contributed by atoms with Crippen LogP contribution in [-0.4, -0.2) is 58.2 Å². The molecule has 0 N–H and O–H groups in total. The number of piperidine rings is 1. The summed E-state index contributed by atoms with van der Waals surface area (Å²) < 4.78 is 37.8. The van der Waals surface area contributed by atoms with Crippen molar-refractivity contribution in [2.45, 2.75) is 50.5 Å². The van der Waals surface area contributed by atoms with Crippen LogP contribution in [0.3, 0.4) is 0 Å². The first-order chi connectivity index (χ1) is 19.6. The SMILES string of the molecule is Fc1c(-c2cccc3cccc(F)c23)ncc2c(N3C[C@@H]4CC[C@@H](C4)C3)nc(OCC34CCCN3CCC4)nc12. The largest absolute Gasteiger partial charge is 0.461 e. The summed E-state index contributed by atoms with van der Waals surface area (Å²) in [4.78, 5) is 19.0. The molecule has 6 nitrogen and oxygen atoms in total. The van der Waals surface area contributed by atoms with Gasteiger partial charge in [0.15, 0.2) is 5.82 Å². The molecule has 8 rings (SSSR count). The molecule has 4 aliphatic rings. The Hall–Kier alpha value is -3.39. The van der Waals surface area contributed by atoms with E-state index in [4.69, 9.17) is 9.72 Å². The Balaban J connectivity index is 1.25. The van der Waals surface area contributed by atoms with Crippen LogP contribution in [0.5, 0.6) is 6.01 Å². The van der Waals surface area contributed by atoms with Crippen molar-refractivity contribution in [1.29, 1.82) is 0 Å². The summed E-state index contributed by atoms with van der Waals surface area (Å²) >= 11 is 0. The van der Waals surface area contributed by atoms with Crippen LogP contribution in [0.2, 0.25) is 0 Å². The zero-order chi connectivity index (χ0) is 26.8. The molecule has 2 aromatic carbocycles. The number of hydrogen-bond donors (Lipinski definition) is 0. The third kappa shape index (κ3) is 3.86. The van der Waals surface area contributed by atoms with Crippen LogP contribution in [-0.2, 0) is 0 Å². The van der Waals surface area contributed by atoms with Gasteiger partial charge in [0.1, 0.15) is 29.5 Å². The molecule has 4 fully saturated rings. The van der Waals surface area contributed by atoms with Crippen LogP contribution in [0.1, 0.15) is 44.9 Å². The van der Waals surface area contributed by atoms with Crippen LogP contribution in [0.4, 0.5) is 14.6 Å². The number of anilines is 1. The quantitative estimate of drug-likeness (QED) is 0.293. The number of hydrogen-bond acceptors (Lipinski definition) is 6. The van der Waals surface area contributed by atoms with Crippen LogP contribution in [0.15, 0.2) is 42.6 Å². The van der Waals surface area contributed by atoms with Crippen molar-refractivity contribution in [1.82, 2.24) is 19.9 Å². The molecule has 2 atom stereocenters. The molecule has 3 aliphatic heterocycles. The Morgan fingerprint density at radius 2 is 1.70 bits per heavy atom. The lowest BCUT2D eigenvalue weighted by atomic mass is 9.95. The van der Waals surface area contributed by atoms with Gasteiger partial charge in [-0.1, -0.05) is 30.3 Å². The van der Waals surface area contributed by atoms with Crippen LogP contribution < -0.4 is 9.64 Å². The Bertz CT molecular complexity index is 1600. The standard InChI is InChI=1S/C32H33F2N5O/c33-25-8-2-6-22-5-1-7-23(26(22)25)28-27(34)29-24(16-35-28)30(38-17-20-9-10-21(15-20)18-38)37-31(36-29)40-19-32-11-3-13-39(32)14-4-12-32/h1-2,5-8,16,20-21H,3-4,9-15,17-19H2/t20-,21+. The van der Waals surface area contributed by atoms with Gasteiger partial charge in [-0.15, -0.1) is 0 Å². The third-order valence-electron chi connectivity index (χ3n) is 9.94. The summed E-state index contributed by atoms with van der Waals surface area (Å²) in [6, 6.07) is 10.5. The summed E-state index contributed by atoms with van der Waals surface area (Å²) in [6.07, 6.45) is 9.95. The van der Waals surface area contributed by atoms with E-state index in [0.29, 0.717) is 46.0 Å². The van der Waals surface area contributed by atoms with Crippen LogP contribution >= 0.6 is 0 Å². The normalized spacial score (nSPS) is 23.8. The molecule has 5 heterocycles. The molecule has 2 aromatic heterocycles. The average molecular weight is 542 g/mol. The fraction of sp³-hybridized carbons (Fsp3) is 0.469. The molecule has 0 amide bonds. The molecule has 0 spiro atoms. The van der Waals surface area contributed by atoms with E-state index in [0.717, 1.165) is 39.0 Å². The highest BCUT2D eigenvalue weighted by atomic mass is 19.1. The van der Waals surface area contributed by atoms with Gasteiger partial charge in [-0.05, 0) is 81.3 Å². The Labute approximate surface area is 232 Å². The number of pyridine rings is 1. The zero-order valence-corrected chi connectivity index (χ0v) is 22.6. The molecule has 3 saturated heterocycles. The zero-order valence-electron chi connectivity index (χ0n) is 22.6. The van der Waals surface area contributed by atoms with E-state index in [-0.39, 0.29) is 22.8 Å². The molecule has 2 bridgehead atoms. The smallest absolute Gasteiger partial charge is 0.319 e. The molecule has 0 unspecified atom stereocenters. The van der Waals surface area contributed by atoms with E-state index in [1.54, 1.807) is 24.4 Å². The van der Waals surface area contributed by atoms with Gasteiger partial charge in [0.25, 0.3) is 0 Å². The van der Waals surface area contributed by atoms with Crippen molar-refractivity contribution < 1.29 is 13.5 Å². The van der Waals surface area contributed by atoms with Gasteiger partial charge >= 0.3 is 6.01 Å². The number of benzene rings is 2. The maximum Gasteiger partial charge on any atom is 0.319 e. The lowest BCUT2D eigenvalue weighted by Gasteiger charge is -2.34. The predicted molar refractivity (Wildman–Crippen MR) is 152 cm³/mol. The predicted octanol–water partition coefficient (Wildman–Crippen LogP) is 6.37. The molecular formula is C32H33F2N5O. The number of nitrogens with zero attached hydrogens (tertiary/aromatic N) is 5. The monoisotopic (exact) mass is 541 g/mol. The van der Waals surface area contributed by atoms with Gasteiger partial charge in [-0.2, -0.15) is 9.97 Å². The fourth-order valence-electron chi connectivity index (χ4n) is 8.05. The van der Waals surface area contributed by atoms with E-state index in [1.165, 1.54) is 38.2 Å².